The fourth-order valence-corrected chi connectivity index (χ4v) is 1.99. The van der Waals surface area contributed by atoms with Crippen molar-refractivity contribution < 1.29 is 4.79 Å². The van der Waals surface area contributed by atoms with Gasteiger partial charge in [0.05, 0.1) is 5.56 Å². The topological polar surface area (TPSA) is 82.7 Å². The van der Waals surface area contributed by atoms with Gasteiger partial charge in [0.25, 0.3) is 5.91 Å². The van der Waals surface area contributed by atoms with Crippen LogP contribution >= 0.6 is 0 Å². The molecule has 6 heteroatoms. The number of nitriles is 1. The molecule has 0 bridgehead atoms. The van der Waals surface area contributed by atoms with Crippen LogP contribution in [0.4, 0.5) is 5.69 Å². The molecular formula is C15H17N5O. The molecule has 2 N–H and O–H groups in total. The monoisotopic (exact) mass is 283 g/mol. The van der Waals surface area contributed by atoms with E-state index in [4.69, 9.17) is 5.26 Å². The van der Waals surface area contributed by atoms with E-state index < -0.39 is 0 Å². The first-order valence-electron chi connectivity index (χ1n) is 6.61. The third-order valence-electron chi connectivity index (χ3n) is 3.11. The lowest BCUT2D eigenvalue weighted by Gasteiger charge is -2.10. The number of amides is 1. The standard InChI is InChI=1S/C15H17N5O/c1-11-9-17-4-3-13(11)18-5-6-19-15(21)14-7-12(8-16)10-20(14)2/h3-4,7,9-10H,5-6H2,1-2H3,(H,17,18)(H,19,21). The molecule has 0 saturated heterocycles. The van der Waals surface area contributed by atoms with E-state index in [1.807, 2.05) is 19.1 Å². The molecule has 2 rings (SSSR count). The molecule has 1 amide bonds. The largest absolute Gasteiger partial charge is 0.383 e. The van der Waals surface area contributed by atoms with Crippen LogP contribution in [-0.4, -0.2) is 28.5 Å². The summed E-state index contributed by atoms with van der Waals surface area (Å²) in [5.41, 5.74) is 3.02. The Morgan fingerprint density at radius 3 is 2.95 bits per heavy atom. The summed E-state index contributed by atoms with van der Waals surface area (Å²) in [4.78, 5) is 16.0. The van der Waals surface area contributed by atoms with Crippen LogP contribution in [0.1, 0.15) is 21.6 Å². The van der Waals surface area contributed by atoms with Crippen molar-refractivity contribution in [1.29, 1.82) is 5.26 Å². The lowest BCUT2D eigenvalue weighted by Crippen LogP contribution is -2.30. The Kier molecular flexibility index (Phi) is 4.57. The third kappa shape index (κ3) is 3.60. The number of hydrogen-bond donors (Lipinski definition) is 2. The van der Waals surface area contributed by atoms with Gasteiger partial charge in [0, 0.05) is 44.4 Å². The fourth-order valence-electron chi connectivity index (χ4n) is 1.99. The van der Waals surface area contributed by atoms with Gasteiger partial charge in [0.15, 0.2) is 0 Å². The molecule has 0 aromatic carbocycles. The maximum absolute atomic E-state index is 12.0. The molecule has 21 heavy (non-hydrogen) atoms. The number of aryl methyl sites for hydroxylation is 2. The minimum absolute atomic E-state index is 0.188. The Balaban J connectivity index is 1.83. The molecule has 0 aliphatic heterocycles. The van der Waals surface area contributed by atoms with Crippen LogP contribution in [0.15, 0.2) is 30.7 Å². The Labute approximate surface area is 123 Å². The van der Waals surface area contributed by atoms with E-state index in [0.29, 0.717) is 24.3 Å². The van der Waals surface area contributed by atoms with Crippen molar-refractivity contribution in [3.05, 3.63) is 47.5 Å². The van der Waals surface area contributed by atoms with Gasteiger partial charge in [-0.25, -0.2) is 0 Å². The number of aromatic nitrogens is 2. The number of rotatable bonds is 5. The molecule has 108 valence electrons. The van der Waals surface area contributed by atoms with Crippen molar-refractivity contribution in [3.8, 4) is 6.07 Å². The number of carbonyl (C=O) groups is 1. The van der Waals surface area contributed by atoms with E-state index in [0.717, 1.165) is 11.3 Å². The average molecular weight is 283 g/mol. The zero-order chi connectivity index (χ0) is 15.2. The maximum Gasteiger partial charge on any atom is 0.268 e. The number of pyridine rings is 1. The van der Waals surface area contributed by atoms with Gasteiger partial charge in [-0.1, -0.05) is 0 Å². The zero-order valence-electron chi connectivity index (χ0n) is 12.1. The molecule has 0 fully saturated rings. The number of anilines is 1. The summed E-state index contributed by atoms with van der Waals surface area (Å²) in [5, 5.41) is 14.9. The average Bonchev–Trinajstić information content (AvgIpc) is 2.86. The molecule has 0 spiro atoms. The number of nitrogens with zero attached hydrogens (tertiary/aromatic N) is 3. The molecule has 2 heterocycles. The lowest BCUT2D eigenvalue weighted by molar-refractivity contribution is 0.0947. The van der Waals surface area contributed by atoms with Crippen LogP contribution in [0, 0.1) is 18.3 Å². The van der Waals surface area contributed by atoms with Crippen LogP contribution in [0.2, 0.25) is 0 Å². The first kappa shape index (κ1) is 14.6. The van der Waals surface area contributed by atoms with E-state index >= 15 is 0 Å². The van der Waals surface area contributed by atoms with Crippen molar-refractivity contribution in [2.24, 2.45) is 7.05 Å². The molecule has 0 aliphatic rings. The maximum atomic E-state index is 12.0. The molecule has 0 aliphatic carbocycles. The molecule has 0 saturated carbocycles. The van der Waals surface area contributed by atoms with Gasteiger partial charge in [-0.2, -0.15) is 5.26 Å². The summed E-state index contributed by atoms with van der Waals surface area (Å²) in [6.07, 6.45) is 5.14. The summed E-state index contributed by atoms with van der Waals surface area (Å²) in [7, 11) is 1.74. The van der Waals surface area contributed by atoms with Crippen molar-refractivity contribution in [2.75, 3.05) is 18.4 Å². The second-order valence-electron chi connectivity index (χ2n) is 4.71. The summed E-state index contributed by atoms with van der Waals surface area (Å²) >= 11 is 0. The molecule has 6 nitrogen and oxygen atoms in total. The third-order valence-corrected chi connectivity index (χ3v) is 3.11. The van der Waals surface area contributed by atoms with Gasteiger partial charge in [-0.3, -0.25) is 9.78 Å². The highest BCUT2D eigenvalue weighted by molar-refractivity contribution is 5.93. The van der Waals surface area contributed by atoms with Gasteiger partial charge in [0.2, 0.25) is 0 Å². The Hall–Kier alpha value is -2.81. The number of hydrogen-bond acceptors (Lipinski definition) is 4. The van der Waals surface area contributed by atoms with Gasteiger partial charge in [0.1, 0.15) is 11.8 Å². The van der Waals surface area contributed by atoms with Crippen LogP contribution in [0.25, 0.3) is 0 Å². The molecule has 2 aromatic rings. The van der Waals surface area contributed by atoms with Crippen molar-refractivity contribution in [1.82, 2.24) is 14.9 Å². The van der Waals surface area contributed by atoms with Gasteiger partial charge < -0.3 is 15.2 Å². The highest BCUT2D eigenvalue weighted by Gasteiger charge is 2.10. The smallest absolute Gasteiger partial charge is 0.268 e. The summed E-state index contributed by atoms with van der Waals surface area (Å²) < 4.78 is 1.65. The second kappa shape index (κ2) is 6.57. The first-order valence-corrected chi connectivity index (χ1v) is 6.61. The van der Waals surface area contributed by atoms with E-state index in [1.54, 1.807) is 36.3 Å². The molecule has 0 radical (unpaired) electrons. The van der Waals surface area contributed by atoms with Gasteiger partial charge >= 0.3 is 0 Å². The number of nitrogens with one attached hydrogen (secondary N) is 2. The van der Waals surface area contributed by atoms with E-state index in [1.165, 1.54) is 0 Å². The van der Waals surface area contributed by atoms with Crippen LogP contribution < -0.4 is 10.6 Å². The molecule has 0 unspecified atom stereocenters. The number of carbonyl (C=O) groups excluding carboxylic acids is 1. The minimum atomic E-state index is -0.188. The summed E-state index contributed by atoms with van der Waals surface area (Å²) in [6.45, 7) is 3.08. The van der Waals surface area contributed by atoms with Crippen molar-refractivity contribution in [2.45, 2.75) is 6.92 Å². The Morgan fingerprint density at radius 2 is 2.29 bits per heavy atom. The van der Waals surface area contributed by atoms with E-state index in [2.05, 4.69) is 15.6 Å². The summed E-state index contributed by atoms with van der Waals surface area (Å²) in [5.74, 6) is -0.188. The van der Waals surface area contributed by atoms with Gasteiger partial charge in [-0.05, 0) is 24.6 Å². The second-order valence-corrected chi connectivity index (χ2v) is 4.71. The lowest BCUT2D eigenvalue weighted by atomic mass is 10.2. The summed E-state index contributed by atoms with van der Waals surface area (Å²) in [6, 6.07) is 5.49. The zero-order valence-corrected chi connectivity index (χ0v) is 12.1. The normalized spacial score (nSPS) is 9.95. The first-order chi connectivity index (χ1) is 10.1. The molecular weight excluding hydrogens is 266 g/mol. The highest BCUT2D eigenvalue weighted by Crippen LogP contribution is 2.10. The fraction of sp³-hybridized carbons (Fsp3) is 0.267. The van der Waals surface area contributed by atoms with Crippen LogP contribution in [-0.2, 0) is 7.05 Å². The predicted molar refractivity (Wildman–Crippen MR) is 79.9 cm³/mol. The molecule has 0 atom stereocenters. The van der Waals surface area contributed by atoms with Crippen LogP contribution in [0.5, 0.6) is 0 Å². The van der Waals surface area contributed by atoms with Crippen molar-refractivity contribution in [3.63, 3.8) is 0 Å². The highest BCUT2D eigenvalue weighted by atomic mass is 16.1. The Bertz CT molecular complexity index is 684. The minimum Gasteiger partial charge on any atom is -0.383 e. The van der Waals surface area contributed by atoms with Crippen molar-refractivity contribution >= 4 is 11.6 Å². The van der Waals surface area contributed by atoms with E-state index in [-0.39, 0.29) is 5.91 Å². The molecule has 2 aromatic heterocycles. The quantitative estimate of drug-likeness (QED) is 0.813. The predicted octanol–water partition coefficient (Wildman–Crippen LogP) is 1.44. The Morgan fingerprint density at radius 1 is 1.48 bits per heavy atom. The van der Waals surface area contributed by atoms with E-state index in [9.17, 15) is 4.79 Å². The van der Waals surface area contributed by atoms with Gasteiger partial charge in [-0.15, -0.1) is 0 Å². The SMILES string of the molecule is Cc1cnccc1NCCNC(=O)c1cc(C#N)cn1C. The van der Waals surface area contributed by atoms with Crippen LogP contribution in [0.3, 0.4) is 0 Å².